The van der Waals surface area contributed by atoms with Gasteiger partial charge in [-0.25, -0.2) is 0 Å². The molecule has 0 aliphatic heterocycles. The molecule has 1 nitrogen and oxygen atoms in total. The zero-order valence-corrected chi connectivity index (χ0v) is 6.64. The molecule has 3 heteroatoms. The quantitative estimate of drug-likeness (QED) is 0.375. The Balaban J connectivity index is 3.17. The van der Waals surface area contributed by atoms with Crippen LogP contribution in [0.5, 0.6) is 0 Å². The van der Waals surface area contributed by atoms with Crippen LogP contribution in [0.25, 0.3) is 0 Å². The van der Waals surface area contributed by atoms with Gasteiger partial charge in [-0.1, -0.05) is 0 Å². The molecule has 0 radical (unpaired) electrons. The summed E-state index contributed by atoms with van der Waals surface area (Å²) >= 11 is 0. The van der Waals surface area contributed by atoms with Crippen LogP contribution in [0.3, 0.4) is 0 Å². The lowest BCUT2D eigenvalue weighted by atomic mass is 11.8. The highest BCUT2D eigenvalue weighted by Gasteiger charge is 2.09. The van der Waals surface area contributed by atoms with Gasteiger partial charge >= 0.3 is 0 Å². The first kappa shape index (κ1) is 6.61. The van der Waals surface area contributed by atoms with Crippen molar-refractivity contribution in [1.82, 2.24) is 0 Å². The minimum Gasteiger partial charge on any atom is -0.417 e. The summed E-state index contributed by atoms with van der Waals surface area (Å²) in [6.07, 6.45) is 0. The van der Waals surface area contributed by atoms with E-state index in [1.165, 1.54) is 0 Å². The second-order valence-corrected chi connectivity index (χ2v) is 9.59. The molecule has 0 rings (SSSR count). The van der Waals surface area contributed by atoms with Crippen LogP contribution >= 0.6 is 8.79 Å². The van der Waals surface area contributed by atoms with Crippen molar-refractivity contribution in [2.75, 3.05) is 7.11 Å². The molecule has 0 aromatic heterocycles. The van der Waals surface area contributed by atoms with Crippen molar-refractivity contribution in [2.24, 2.45) is 0 Å². The van der Waals surface area contributed by atoms with Crippen LogP contribution in [0.4, 0.5) is 0 Å². The molecule has 38 valence electrons. The third-order valence-electron chi connectivity index (χ3n) is 0.526. The Kier molecular flexibility index (Phi) is 2.26. The van der Waals surface area contributed by atoms with Gasteiger partial charge in [-0.05, 0) is 13.1 Å². The number of rotatable bonds is 1. The highest BCUT2D eigenvalue weighted by atomic mass is 31.3. The first-order valence-electron chi connectivity index (χ1n) is 1.90. The van der Waals surface area contributed by atoms with Crippen molar-refractivity contribution in [3.63, 3.8) is 0 Å². The van der Waals surface area contributed by atoms with E-state index in [-0.39, 0.29) is 0 Å². The molecule has 0 amide bonds. The van der Waals surface area contributed by atoms with Crippen LogP contribution in [0.15, 0.2) is 0 Å². The smallest absolute Gasteiger partial charge is 0.205 e. The van der Waals surface area contributed by atoms with E-state index in [2.05, 4.69) is 21.9 Å². The van der Waals surface area contributed by atoms with Crippen LogP contribution in [0, 0.1) is 0 Å². The Morgan fingerprint density at radius 2 is 1.67 bits per heavy atom. The van der Waals surface area contributed by atoms with E-state index in [4.69, 9.17) is 4.43 Å². The van der Waals surface area contributed by atoms with Gasteiger partial charge in [0.15, 0.2) is 0 Å². The summed E-state index contributed by atoms with van der Waals surface area (Å²) < 4.78 is 5.04. The summed E-state index contributed by atoms with van der Waals surface area (Å²) in [5.41, 5.74) is 0. The third kappa shape index (κ3) is 4.61. The molecular formula is C3H11OPSi. The Morgan fingerprint density at radius 3 is 1.67 bits per heavy atom. The largest absolute Gasteiger partial charge is 0.417 e. The number of hydrogen-bond donors (Lipinski definition) is 0. The van der Waals surface area contributed by atoms with E-state index < -0.39 is 7.98 Å². The zero-order valence-electron chi connectivity index (χ0n) is 4.49. The third-order valence-corrected chi connectivity index (χ3v) is 2.29. The predicted molar refractivity (Wildman–Crippen MR) is 34.2 cm³/mol. The molecule has 0 aliphatic carbocycles. The summed E-state index contributed by atoms with van der Waals surface area (Å²) in [6.45, 7) is 4.25. The lowest BCUT2D eigenvalue weighted by Gasteiger charge is -2.10. The van der Waals surface area contributed by atoms with Gasteiger partial charge in [-0.2, -0.15) is 0 Å². The lowest BCUT2D eigenvalue weighted by molar-refractivity contribution is 0.423. The minimum absolute atomic E-state index is 1.21. The van der Waals surface area contributed by atoms with E-state index in [1.54, 1.807) is 7.11 Å². The molecule has 1 unspecified atom stereocenters. The van der Waals surface area contributed by atoms with Crippen LogP contribution < -0.4 is 0 Å². The van der Waals surface area contributed by atoms with Crippen molar-refractivity contribution in [3.05, 3.63) is 0 Å². The Bertz CT molecular complexity index is 40.5. The molecule has 0 fully saturated rings. The van der Waals surface area contributed by atoms with Crippen molar-refractivity contribution in [1.29, 1.82) is 0 Å². The zero-order chi connectivity index (χ0) is 5.21. The maximum absolute atomic E-state index is 5.04. The monoisotopic (exact) mass is 122 g/mol. The second-order valence-electron chi connectivity index (χ2n) is 1.81. The van der Waals surface area contributed by atoms with Gasteiger partial charge in [0.1, 0.15) is 0 Å². The van der Waals surface area contributed by atoms with E-state index >= 15 is 0 Å². The molecule has 0 aromatic carbocycles. The summed E-state index contributed by atoms with van der Waals surface area (Å²) in [7, 11) is 3.24. The second kappa shape index (κ2) is 2.06. The predicted octanol–water partition coefficient (Wildman–Crippen LogP) is 1.21. The molecule has 0 saturated carbocycles. The maximum Gasteiger partial charge on any atom is 0.205 e. The Labute approximate surface area is 42.3 Å². The highest BCUT2D eigenvalue weighted by Crippen LogP contribution is 2.09. The molecule has 0 aromatic rings. The SMILES string of the molecule is CO[Si](C)(C)P. The van der Waals surface area contributed by atoms with Crippen LogP contribution in [-0.4, -0.2) is 15.1 Å². The fourth-order valence-corrected chi connectivity index (χ4v) is 0. The van der Waals surface area contributed by atoms with E-state index in [0.29, 0.717) is 0 Å². The van der Waals surface area contributed by atoms with Crippen molar-refractivity contribution in [2.45, 2.75) is 13.1 Å². The first-order valence-corrected chi connectivity index (χ1v) is 6.62. The number of hydrogen-bond acceptors (Lipinski definition) is 1. The Morgan fingerprint density at radius 1 is 1.50 bits per heavy atom. The van der Waals surface area contributed by atoms with Gasteiger partial charge in [0.25, 0.3) is 0 Å². The van der Waals surface area contributed by atoms with Gasteiger partial charge < -0.3 is 4.43 Å². The van der Waals surface area contributed by atoms with Crippen molar-refractivity contribution < 1.29 is 4.43 Å². The molecule has 0 saturated heterocycles. The summed E-state index contributed by atoms with van der Waals surface area (Å²) in [4.78, 5) is 0. The molecule has 1 atom stereocenters. The highest BCUT2D eigenvalue weighted by molar-refractivity contribution is 7.66. The normalized spacial score (nSPS) is 12.0. The summed E-state index contributed by atoms with van der Waals surface area (Å²) in [5.74, 6) is 0. The molecule has 0 aliphatic rings. The van der Waals surface area contributed by atoms with Gasteiger partial charge in [-0.3, -0.25) is 0 Å². The van der Waals surface area contributed by atoms with E-state index in [0.717, 1.165) is 0 Å². The average molecular weight is 122 g/mol. The van der Waals surface area contributed by atoms with Crippen LogP contribution in [0.2, 0.25) is 13.1 Å². The topological polar surface area (TPSA) is 9.23 Å². The summed E-state index contributed by atoms with van der Waals surface area (Å²) in [6, 6.07) is 0. The average Bonchev–Trinajstić information content (AvgIpc) is 1.35. The molecule has 0 N–H and O–H groups in total. The molecular weight excluding hydrogens is 111 g/mol. The van der Waals surface area contributed by atoms with Crippen molar-refractivity contribution >= 4 is 16.8 Å². The fraction of sp³-hybridized carbons (Fsp3) is 1.00. The lowest BCUT2D eigenvalue weighted by Crippen LogP contribution is -2.17. The molecule has 0 bridgehead atoms. The fourth-order valence-electron chi connectivity index (χ4n) is 0. The van der Waals surface area contributed by atoms with Crippen LogP contribution in [0.1, 0.15) is 0 Å². The van der Waals surface area contributed by atoms with Gasteiger partial charge in [0.05, 0.1) is 0 Å². The van der Waals surface area contributed by atoms with Gasteiger partial charge in [0, 0.05) is 7.11 Å². The van der Waals surface area contributed by atoms with Crippen molar-refractivity contribution in [3.8, 4) is 0 Å². The molecule has 0 heterocycles. The van der Waals surface area contributed by atoms with E-state index in [9.17, 15) is 0 Å². The first-order chi connectivity index (χ1) is 2.56. The standard InChI is InChI=1S/C3H11OPSi/c1-4-6(2,3)5/h5H2,1-3H3. The molecule has 6 heavy (non-hydrogen) atoms. The maximum atomic E-state index is 5.04. The molecule has 0 spiro atoms. The van der Waals surface area contributed by atoms with Gasteiger partial charge in [0.2, 0.25) is 7.98 Å². The van der Waals surface area contributed by atoms with Gasteiger partial charge in [-0.15, -0.1) is 8.79 Å². The minimum atomic E-state index is -1.21. The van der Waals surface area contributed by atoms with E-state index in [1.807, 2.05) is 0 Å². The summed E-state index contributed by atoms with van der Waals surface area (Å²) in [5, 5.41) is 0. The van der Waals surface area contributed by atoms with Crippen LogP contribution in [-0.2, 0) is 4.43 Å². The Hall–Kier alpha value is 0.607.